The van der Waals surface area contributed by atoms with Gasteiger partial charge in [0.2, 0.25) is 5.82 Å². The van der Waals surface area contributed by atoms with Crippen LogP contribution in [0.4, 0.5) is 0 Å². The molecule has 1 aromatic heterocycles. The van der Waals surface area contributed by atoms with E-state index in [-0.39, 0.29) is 5.89 Å². The molecule has 1 atom stereocenters. The maximum atomic E-state index is 9.24. The summed E-state index contributed by atoms with van der Waals surface area (Å²) in [5, 5.41) is 14.0. The molecule has 1 heterocycles. The minimum Gasteiger partial charge on any atom is -0.384 e. The number of hydrogen-bond donors (Lipinski definition) is 1. The van der Waals surface area contributed by atoms with Crippen molar-refractivity contribution in [2.24, 2.45) is 0 Å². The molecule has 6 heteroatoms. The molecular weight excluding hydrogens is 251 g/mol. The number of aliphatic hydroxyl groups is 1. The average Bonchev–Trinajstić information content (AvgIpc) is 2.64. The summed E-state index contributed by atoms with van der Waals surface area (Å²) in [6.07, 6.45) is -0.795. The van der Waals surface area contributed by atoms with Crippen molar-refractivity contribution < 1.29 is 9.63 Å². The van der Waals surface area contributed by atoms with E-state index in [0.717, 1.165) is 0 Å². The van der Waals surface area contributed by atoms with Crippen LogP contribution in [0.1, 0.15) is 18.9 Å². The molecule has 0 saturated heterocycles. The molecule has 2 rings (SSSR count). The molecule has 1 aromatic carbocycles. The van der Waals surface area contributed by atoms with Gasteiger partial charge in [-0.2, -0.15) is 4.98 Å². The van der Waals surface area contributed by atoms with Gasteiger partial charge in [0.25, 0.3) is 5.89 Å². The zero-order valence-electron chi connectivity index (χ0n) is 8.32. The third kappa shape index (κ3) is 2.35. The number of aromatic nitrogens is 2. The minimum atomic E-state index is -0.795. The van der Waals surface area contributed by atoms with Gasteiger partial charge in [0.1, 0.15) is 6.10 Å². The Balaban J connectivity index is 2.42. The maximum Gasteiger partial charge on any atom is 0.255 e. The van der Waals surface area contributed by atoms with Crippen molar-refractivity contribution in [3.05, 3.63) is 34.1 Å². The summed E-state index contributed by atoms with van der Waals surface area (Å²) < 4.78 is 4.86. The van der Waals surface area contributed by atoms with Crippen LogP contribution in [0.5, 0.6) is 0 Å². The first-order chi connectivity index (χ1) is 7.56. The van der Waals surface area contributed by atoms with Crippen LogP contribution < -0.4 is 0 Å². The van der Waals surface area contributed by atoms with Crippen molar-refractivity contribution in [3.63, 3.8) is 0 Å². The molecule has 0 fully saturated rings. The zero-order valence-corrected chi connectivity index (χ0v) is 9.83. The lowest BCUT2D eigenvalue weighted by molar-refractivity contribution is 0.152. The topological polar surface area (TPSA) is 59.2 Å². The predicted octanol–water partition coefficient (Wildman–Crippen LogP) is 3.10. The lowest BCUT2D eigenvalue weighted by atomic mass is 10.2. The summed E-state index contributed by atoms with van der Waals surface area (Å²) >= 11 is 11.7. The fourth-order valence-electron chi connectivity index (χ4n) is 1.21. The lowest BCUT2D eigenvalue weighted by Crippen LogP contribution is -1.90. The van der Waals surface area contributed by atoms with Crippen LogP contribution in [-0.2, 0) is 0 Å². The van der Waals surface area contributed by atoms with Crippen LogP contribution in [-0.4, -0.2) is 15.2 Å². The van der Waals surface area contributed by atoms with E-state index in [4.69, 9.17) is 27.7 Å². The van der Waals surface area contributed by atoms with Gasteiger partial charge in [0.05, 0.1) is 0 Å². The Morgan fingerprint density at radius 2 is 1.88 bits per heavy atom. The van der Waals surface area contributed by atoms with Crippen LogP contribution >= 0.6 is 23.2 Å². The third-order valence-corrected chi connectivity index (χ3v) is 2.36. The summed E-state index contributed by atoms with van der Waals surface area (Å²) in [6.45, 7) is 1.54. The number of halogens is 2. The fourth-order valence-corrected chi connectivity index (χ4v) is 1.73. The highest BCUT2D eigenvalue weighted by molar-refractivity contribution is 6.35. The van der Waals surface area contributed by atoms with Gasteiger partial charge in [-0.05, 0) is 25.1 Å². The average molecular weight is 259 g/mol. The van der Waals surface area contributed by atoms with E-state index in [1.807, 2.05) is 0 Å². The molecule has 4 nitrogen and oxygen atoms in total. The minimum absolute atomic E-state index is 0.158. The van der Waals surface area contributed by atoms with Gasteiger partial charge in [-0.25, -0.2) is 0 Å². The van der Waals surface area contributed by atoms with Crippen molar-refractivity contribution in [3.8, 4) is 11.4 Å². The normalized spacial score (nSPS) is 12.8. The second-order valence-electron chi connectivity index (χ2n) is 3.29. The van der Waals surface area contributed by atoms with E-state index < -0.39 is 6.10 Å². The standard InChI is InChI=1S/C10H8Cl2N2O2/c1-5(15)10-13-9(14-16-10)6-2-7(11)4-8(12)3-6/h2-5,15H,1H3/t5-/m0/s1. The second kappa shape index (κ2) is 4.41. The molecule has 0 bridgehead atoms. The number of benzene rings is 1. The zero-order chi connectivity index (χ0) is 11.7. The molecule has 0 aliphatic heterocycles. The molecule has 0 spiro atoms. The Kier molecular flexibility index (Phi) is 3.14. The third-order valence-electron chi connectivity index (χ3n) is 1.92. The van der Waals surface area contributed by atoms with Crippen LogP contribution in [0.2, 0.25) is 10.0 Å². The summed E-state index contributed by atoms with van der Waals surface area (Å²) in [5.74, 6) is 0.506. The first-order valence-electron chi connectivity index (χ1n) is 4.54. The van der Waals surface area contributed by atoms with Gasteiger partial charge >= 0.3 is 0 Å². The maximum absolute atomic E-state index is 9.24. The SMILES string of the molecule is C[C@H](O)c1nc(-c2cc(Cl)cc(Cl)c2)no1. The van der Waals surface area contributed by atoms with Gasteiger partial charge < -0.3 is 9.63 Å². The molecule has 0 aliphatic rings. The van der Waals surface area contributed by atoms with Gasteiger partial charge in [-0.15, -0.1) is 0 Å². The molecule has 0 amide bonds. The quantitative estimate of drug-likeness (QED) is 0.900. The molecular formula is C10H8Cl2N2O2. The van der Waals surface area contributed by atoms with Crippen LogP contribution in [0.15, 0.2) is 22.7 Å². The Morgan fingerprint density at radius 3 is 2.38 bits per heavy atom. The highest BCUT2D eigenvalue weighted by Crippen LogP contribution is 2.26. The van der Waals surface area contributed by atoms with E-state index >= 15 is 0 Å². The first kappa shape index (κ1) is 11.4. The number of rotatable bonds is 2. The number of aliphatic hydroxyl groups excluding tert-OH is 1. The van der Waals surface area contributed by atoms with Crippen LogP contribution in [0.3, 0.4) is 0 Å². The molecule has 0 unspecified atom stereocenters. The molecule has 0 aliphatic carbocycles. The second-order valence-corrected chi connectivity index (χ2v) is 4.16. The van der Waals surface area contributed by atoms with Crippen molar-refractivity contribution in [1.82, 2.24) is 10.1 Å². The Bertz CT molecular complexity index is 491. The van der Waals surface area contributed by atoms with Crippen molar-refractivity contribution in [1.29, 1.82) is 0 Å². The first-order valence-corrected chi connectivity index (χ1v) is 5.30. The fraction of sp³-hybridized carbons (Fsp3) is 0.200. The lowest BCUT2D eigenvalue weighted by Gasteiger charge is -1.97. The van der Waals surface area contributed by atoms with E-state index in [1.165, 1.54) is 0 Å². The Labute approximate surface area is 102 Å². The number of nitrogens with zero attached hydrogens (tertiary/aromatic N) is 2. The van der Waals surface area contributed by atoms with E-state index in [2.05, 4.69) is 10.1 Å². The molecule has 1 N–H and O–H groups in total. The molecule has 84 valence electrons. The van der Waals surface area contributed by atoms with Crippen LogP contribution in [0.25, 0.3) is 11.4 Å². The Morgan fingerprint density at radius 1 is 1.25 bits per heavy atom. The summed E-state index contributed by atoms with van der Waals surface area (Å²) in [6, 6.07) is 4.95. The van der Waals surface area contributed by atoms with E-state index in [1.54, 1.807) is 25.1 Å². The van der Waals surface area contributed by atoms with Gasteiger partial charge in [0, 0.05) is 15.6 Å². The van der Waals surface area contributed by atoms with Gasteiger partial charge in [-0.3, -0.25) is 0 Å². The molecule has 0 radical (unpaired) electrons. The molecule has 16 heavy (non-hydrogen) atoms. The smallest absolute Gasteiger partial charge is 0.255 e. The van der Waals surface area contributed by atoms with Crippen LogP contribution in [0, 0.1) is 0 Å². The highest BCUT2D eigenvalue weighted by atomic mass is 35.5. The molecule has 0 saturated carbocycles. The van der Waals surface area contributed by atoms with Gasteiger partial charge in [-0.1, -0.05) is 28.4 Å². The van der Waals surface area contributed by atoms with E-state index in [0.29, 0.717) is 21.4 Å². The van der Waals surface area contributed by atoms with E-state index in [9.17, 15) is 5.11 Å². The summed E-state index contributed by atoms with van der Waals surface area (Å²) in [4.78, 5) is 4.02. The van der Waals surface area contributed by atoms with Crippen molar-refractivity contribution in [2.75, 3.05) is 0 Å². The Hall–Kier alpha value is -1.10. The van der Waals surface area contributed by atoms with Crippen molar-refractivity contribution in [2.45, 2.75) is 13.0 Å². The monoisotopic (exact) mass is 258 g/mol. The molecule has 2 aromatic rings. The highest BCUT2D eigenvalue weighted by Gasteiger charge is 2.13. The summed E-state index contributed by atoms with van der Waals surface area (Å²) in [7, 11) is 0. The van der Waals surface area contributed by atoms with Gasteiger partial charge in [0.15, 0.2) is 0 Å². The van der Waals surface area contributed by atoms with Crippen molar-refractivity contribution >= 4 is 23.2 Å². The summed E-state index contributed by atoms with van der Waals surface area (Å²) in [5.41, 5.74) is 0.646. The number of hydrogen-bond acceptors (Lipinski definition) is 4. The predicted molar refractivity (Wildman–Crippen MR) is 60.4 cm³/mol. The largest absolute Gasteiger partial charge is 0.384 e.